The molecule has 0 aliphatic rings. The van der Waals surface area contributed by atoms with Crippen molar-refractivity contribution in [1.29, 1.82) is 0 Å². The van der Waals surface area contributed by atoms with E-state index in [1.165, 1.54) is 4.40 Å². The van der Waals surface area contributed by atoms with Gasteiger partial charge in [-0.05, 0) is 5.39 Å². The van der Waals surface area contributed by atoms with Crippen LogP contribution >= 0.6 is 0 Å². The minimum Gasteiger partial charge on any atom is -0.251 e. The van der Waals surface area contributed by atoms with Crippen molar-refractivity contribution in [2.24, 2.45) is 0 Å². The minimum absolute atomic E-state index is 0.276. The Morgan fingerprint density at radius 1 is 1.27 bits per heavy atom. The van der Waals surface area contributed by atoms with Crippen LogP contribution in [-0.4, -0.2) is 22.4 Å². The molecule has 0 spiro atoms. The molecule has 5 heteroatoms. The first-order valence-corrected chi connectivity index (χ1v) is 4.51. The summed E-state index contributed by atoms with van der Waals surface area (Å²) in [4.78, 5) is 11.4. The maximum absolute atomic E-state index is 11.4. The molecule has 70 valence electrons. The third-order valence-electron chi connectivity index (χ3n) is 2.45. The summed E-state index contributed by atoms with van der Waals surface area (Å²) in [5.41, 5.74) is 0.897. The van der Waals surface area contributed by atoms with E-state index in [9.17, 15) is 4.79 Å². The summed E-state index contributed by atoms with van der Waals surface area (Å²) in [5, 5.41) is 8.13. The molecule has 3 rings (SSSR count). The van der Waals surface area contributed by atoms with E-state index < -0.39 is 0 Å². The molecule has 0 saturated carbocycles. The van der Waals surface area contributed by atoms with Crippen molar-refractivity contribution in [3.05, 3.63) is 40.9 Å². The van der Waals surface area contributed by atoms with Crippen molar-refractivity contribution in [3.63, 3.8) is 0 Å². The van der Waals surface area contributed by atoms with E-state index in [0.717, 1.165) is 10.8 Å². The quantitative estimate of drug-likeness (QED) is 0.512. The van der Waals surface area contributed by atoms with Gasteiger partial charge in [-0.25, -0.2) is 9.89 Å². The van der Waals surface area contributed by atoms with E-state index in [1.807, 2.05) is 24.3 Å². The lowest BCUT2D eigenvalue weighted by molar-refractivity contribution is 1.03. The average Bonchev–Trinajstić information content (AvgIpc) is 2.62. The predicted octanol–water partition coefficient (Wildman–Crippen LogP) is -0.0304. The summed E-state index contributed by atoms with van der Waals surface area (Å²) in [7, 11) is 5.85. The molecule has 1 aromatic carbocycles. The fourth-order valence-electron chi connectivity index (χ4n) is 1.75. The third-order valence-corrected chi connectivity index (χ3v) is 2.45. The lowest BCUT2D eigenvalue weighted by atomic mass is 9.92. The second-order valence-corrected chi connectivity index (χ2v) is 3.35. The number of hydrogen-bond donors (Lipinski definition) is 1. The van der Waals surface area contributed by atoms with Crippen LogP contribution in [0.15, 0.2) is 35.3 Å². The Labute approximate surface area is 86.0 Å². The molecule has 2 heterocycles. The number of nitrogens with one attached hydrogen (secondary N) is 1. The van der Waals surface area contributed by atoms with Crippen LogP contribution in [0.25, 0.3) is 16.4 Å². The van der Waals surface area contributed by atoms with Crippen LogP contribution in [-0.2, 0) is 0 Å². The molecule has 4 nitrogen and oxygen atoms in total. The molecule has 0 aliphatic heterocycles. The number of benzene rings is 1. The molecule has 0 atom stereocenters. The molecule has 0 saturated heterocycles. The first kappa shape index (κ1) is 8.29. The second-order valence-electron chi connectivity index (χ2n) is 3.35. The number of fused-ring (bicyclic) bond motifs is 3. The van der Waals surface area contributed by atoms with Gasteiger partial charge in [0.15, 0.2) is 5.65 Å². The van der Waals surface area contributed by atoms with Gasteiger partial charge < -0.3 is 0 Å². The maximum atomic E-state index is 11.4. The second kappa shape index (κ2) is 2.73. The van der Waals surface area contributed by atoms with Gasteiger partial charge in [-0.2, -0.15) is 5.10 Å². The van der Waals surface area contributed by atoms with Gasteiger partial charge in [0.05, 0.1) is 0 Å². The molecule has 3 aromatic rings. The molecule has 1 N–H and O–H groups in total. The molecule has 0 amide bonds. The zero-order valence-electron chi connectivity index (χ0n) is 7.77. The van der Waals surface area contributed by atoms with Crippen molar-refractivity contribution in [2.75, 3.05) is 0 Å². The van der Waals surface area contributed by atoms with Crippen molar-refractivity contribution < 1.29 is 0 Å². The third kappa shape index (κ3) is 1.03. The smallest absolute Gasteiger partial charge is 0.251 e. The van der Waals surface area contributed by atoms with Gasteiger partial charge in [-0.1, -0.05) is 29.7 Å². The van der Waals surface area contributed by atoms with Crippen LogP contribution in [0.2, 0.25) is 0 Å². The number of rotatable bonds is 0. The number of aromatic nitrogens is 3. The van der Waals surface area contributed by atoms with Crippen LogP contribution in [0.1, 0.15) is 0 Å². The van der Waals surface area contributed by atoms with Crippen LogP contribution in [0.4, 0.5) is 0 Å². The SMILES string of the molecule is [B]c1cn2c(=O)[nH]nc2c2ccccc12. The monoisotopic (exact) mass is 195 g/mol. The number of aromatic amines is 1. The molecule has 0 bridgehead atoms. The van der Waals surface area contributed by atoms with E-state index in [0.29, 0.717) is 11.1 Å². The zero-order chi connectivity index (χ0) is 10.4. The van der Waals surface area contributed by atoms with Crippen LogP contribution in [0.5, 0.6) is 0 Å². The first-order valence-electron chi connectivity index (χ1n) is 4.51. The van der Waals surface area contributed by atoms with Gasteiger partial charge >= 0.3 is 5.69 Å². The number of pyridine rings is 1. The van der Waals surface area contributed by atoms with Crippen LogP contribution < -0.4 is 11.2 Å². The standard InChI is InChI=1S/C10H6BN3O/c11-8-5-14-9(12-13-10(14)15)7-4-2-1-3-6(7)8/h1-5H,(H,13,15). The Kier molecular flexibility index (Phi) is 1.51. The van der Waals surface area contributed by atoms with Gasteiger partial charge in [0, 0.05) is 11.6 Å². The Morgan fingerprint density at radius 3 is 2.80 bits per heavy atom. The van der Waals surface area contributed by atoms with Crippen LogP contribution in [0, 0.1) is 0 Å². The summed E-state index contributed by atoms with van der Waals surface area (Å²) < 4.78 is 1.41. The van der Waals surface area contributed by atoms with E-state index in [1.54, 1.807) is 6.20 Å². The highest BCUT2D eigenvalue weighted by Crippen LogP contribution is 2.14. The largest absolute Gasteiger partial charge is 0.347 e. The Balaban J connectivity index is 2.71. The molecule has 0 fully saturated rings. The Bertz CT molecular complexity index is 713. The zero-order valence-corrected chi connectivity index (χ0v) is 7.77. The summed E-state index contributed by atoms with van der Waals surface area (Å²) in [6.45, 7) is 0. The highest BCUT2D eigenvalue weighted by Gasteiger charge is 2.06. The van der Waals surface area contributed by atoms with Gasteiger partial charge in [0.25, 0.3) is 0 Å². The topological polar surface area (TPSA) is 50.2 Å². The molecule has 15 heavy (non-hydrogen) atoms. The summed E-state index contributed by atoms with van der Waals surface area (Å²) in [6, 6.07) is 7.59. The lowest BCUT2D eigenvalue weighted by Crippen LogP contribution is -2.15. The summed E-state index contributed by atoms with van der Waals surface area (Å²) >= 11 is 0. The van der Waals surface area contributed by atoms with Gasteiger partial charge in [0.2, 0.25) is 0 Å². The molecule has 2 aromatic heterocycles. The van der Waals surface area contributed by atoms with E-state index >= 15 is 0 Å². The van der Waals surface area contributed by atoms with E-state index in [-0.39, 0.29) is 5.69 Å². The van der Waals surface area contributed by atoms with Crippen molar-refractivity contribution in [3.8, 4) is 0 Å². The fraction of sp³-hybridized carbons (Fsp3) is 0. The van der Waals surface area contributed by atoms with Crippen LogP contribution in [0.3, 0.4) is 0 Å². The first-order chi connectivity index (χ1) is 7.27. The average molecular weight is 195 g/mol. The Hall–Kier alpha value is -2.04. The van der Waals surface area contributed by atoms with Crippen molar-refractivity contribution in [1.82, 2.24) is 14.6 Å². The molecular formula is C10H6BN3O. The van der Waals surface area contributed by atoms with Gasteiger partial charge in [-0.3, -0.25) is 4.40 Å². The molecule has 0 unspecified atom stereocenters. The fourth-order valence-corrected chi connectivity index (χ4v) is 1.75. The van der Waals surface area contributed by atoms with E-state index in [2.05, 4.69) is 10.2 Å². The highest BCUT2D eigenvalue weighted by molar-refractivity contribution is 6.39. The lowest BCUT2D eigenvalue weighted by Gasteiger charge is -2.02. The highest BCUT2D eigenvalue weighted by atomic mass is 16.1. The van der Waals surface area contributed by atoms with Gasteiger partial charge in [0.1, 0.15) is 7.85 Å². The number of hydrogen-bond acceptors (Lipinski definition) is 2. The Morgan fingerprint density at radius 2 is 2.00 bits per heavy atom. The van der Waals surface area contributed by atoms with Crippen molar-refractivity contribution >= 4 is 29.7 Å². The van der Waals surface area contributed by atoms with E-state index in [4.69, 9.17) is 7.85 Å². The van der Waals surface area contributed by atoms with Gasteiger partial charge in [-0.15, -0.1) is 0 Å². The minimum atomic E-state index is -0.276. The predicted molar refractivity (Wildman–Crippen MR) is 58.7 cm³/mol. The number of H-pyrrole nitrogens is 1. The summed E-state index contributed by atoms with van der Waals surface area (Å²) in [6.07, 6.45) is 1.59. The number of nitrogens with zero attached hydrogens (tertiary/aromatic N) is 2. The summed E-state index contributed by atoms with van der Waals surface area (Å²) in [5.74, 6) is 0. The van der Waals surface area contributed by atoms with Crippen molar-refractivity contribution in [2.45, 2.75) is 0 Å². The molecule has 2 radical (unpaired) electrons. The molecule has 0 aliphatic carbocycles. The normalized spacial score (nSPS) is 11.2. The maximum Gasteiger partial charge on any atom is 0.347 e. The molecular weight excluding hydrogens is 189 g/mol.